The van der Waals surface area contributed by atoms with Crippen LogP contribution in [-0.2, 0) is 18.0 Å². The summed E-state index contributed by atoms with van der Waals surface area (Å²) in [5.74, 6) is -1.91. The van der Waals surface area contributed by atoms with Gasteiger partial charge in [0.15, 0.2) is 5.41 Å². The van der Waals surface area contributed by atoms with E-state index in [1.54, 1.807) is 12.1 Å². The zero-order valence-corrected chi connectivity index (χ0v) is 11.0. The summed E-state index contributed by atoms with van der Waals surface area (Å²) < 4.78 is 55.1. The summed E-state index contributed by atoms with van der Waals surface area (Å²) in [6.45, 7) is 0. The fourth-order valence-electron chi connectivity index (χ4n) is 1.96. The number of furan rings is 1. The lowest BCUT2D eigenvalue weighted by Crippen LogP contribution is -2.24. The van der Waals surface area contributed by atoms with Crippen LogP contribution in [0.25, 0.3) is 0 Å². The summed E-state index contributed by atoms with van der Waals surface area (Å²) in [5, 5.41) is 18.6. The van der Waals surface area contributed by atoms with E-state index in [0.29, 0.717) is 0 Å². The maximum Gasteiger partial charge on any atom is 0.449 e. The number of hydrogen-bond donors (Lipinski definition) is 0. The molecule has 0 atom stereocenters. The SMILES string of the molecule is N#CC(C#N)(Cc1ccc(C(F)(F)F)o1)c1ccc(F)cc1. The molecule has 0 bridgehead atoms. The predicted molar refractivity (Wildman–Crippen MR) is 66.7 cm³/mol. The van der Waals surface area contributed by atoms with Gasteiger partial charge in [-0.1, -0.05) is 12.1 Å². The van der Waals surface area contributed by atoms with Gasteiger partial charge in [0, 0.05) is 6.42 Å². The van der Waals surface area contributed by atoms with E-state index >= 15 is 0 Å². The van der Waals surface area contributed by atoms with Gasteiger partial charge in [-0.3, -0.25) is 0 Å². The van der Waals surface area contributed by atoms with Crippen molar-refractivity contribution in [2.75, 3.05) is 0 Å². The van der Waals surface area contributed by atoms with Gasteiger partial charge in [0.25, 0.3) is 0 Å². The van der Waals surface area contributed by atoms with E-state index < -0.39 is 23.2 Å². The van der Waals surface area contributed by atoms with Gasteiger partial charge in [0.2, 0.25) is 5.76 Å². The Morgan fingerprint density at radius 3 is 2.00 bits per heavy atom. The fourth-order valence-corrected chi connectivity index (χ4v) is 1.96. The molecule has 0 aliphatic heterocycles. The van der Waals surface area contributed by atoms with Gasteiger partial charge in [-0.15, -0.1) is 0 Å². The van der Waals surface area contributed by atoms with E-state index in [0.717, 1.165) is 24.3 Å². The third-order valence-corrected chi connectivity index (χ3v) is 3.10. The molecule has 2 rings (SSSR count). The van der Waals surface area contributed by atoms with Crippen molar-refractivity contribution in [2.45, 2.75) is 18.0 Å². The average molecular weight is 308 g/mol. The van der Waals surface area contributed by atoms with Gasteiger partial charge >= 0.3 is 6.18 Å². The Bertz CT molecular complexity index is 734. The Hall–Kier alpha value is -2.80. The highest BCUT2D eigenvalue weighted by molar-refractivity contribution is 5.41. The van der Waals surface area contributed by atoms with E-state index in [4.69, 9.17) is 0 Å². The van der Waals surface area contributed by atoms with Crippen molar-refractivity contribution in [1.82, 2.24) is 0 Å². The minimum absolute atomic E-state index is 0.153. The second kappa shape index (κ2) is 5.53. The lowest BCUT2D eigenvalue weighted by molar-refractivity contribution is -0.153. The second-order valence-electron chi connectivity index (χ2n) is 4.58. The first kappa shape index (κ1) is 15.6. The van der Waals surface area contributed by atoms with Crippen LogP contribution >= 0.6 is 0 Å². The summed E-state index contributed by atoms with van der Waals surface area (Å²) in [4.78, 5) is 0. The molecule has 0 fully saturated rings. The van der Waals surface area contributed by atoms with Crippen LogP contribution in [0.4, 0.5) is 17.6 Å². The molecule has 3 nitrogen and oxygen atoms in total. The highest BCUT2D eigenvalue weighted by atomic mass is 19.4. The standard InChI is InChI=1S/C15H8F4N2O/c16-11-3-1-10(2-4-11)14(8-20,9-21)7-12-5-6-13(22-12)15(17,18)19/h1-6H,7H2. The van der Waals surface area contributed by atoms with Crippen LogP contribution in [0.5, 0.6) is 0 Å². The molecule has 0 radical (unpaired) electrons. The molecule has 0 aliphatic carbocycles. The van der Waals surface area contributed by atoms with Crippen LogP contribution in [-0.4, -0.2) is 0 Å². The molecule has 112 valence electrons. The van der Waals surface area contributed by atoms with Crippen LogP contribution in [0.1, 0.15) is 17.1 Å². The van der Waals surface area contributed by atoms with E-state index in [1.165, 1.54) is 12.1 Å². The Balaban J connectivity index is 2.38. The molecular weight excluding hydrogens is 300 g/mol. The number of halogens is 4. The first-order valence-electron chi connectivity index (χ1n) is 6.05. The summed E-state index contributed by atoms with van der Waals surface area (Å²) >= 11 is 0. The highest BCUT2D eigenvalue weighted by Crippen LogP contribution is 2.33. The van der Waals surface area contributed by atoms with E-state index in [2.05, 4.69) is 4.42 Å². The minimum atomic E-state index is -4.64. The van der Waals surface area contributed by atoms with E-state index in [9.17, 15) is 28.1 Å². The summed E-state index contributed by atoms with van der Waals surface area (Å²) in [6.07, 6.45) is -5.02. The molecule has 1 aromatic heterocycles. The molecule has 0 saturated carbocycles. The number of nitrogens with zero attached hydrogens (tertiary/aromatic N) is 2. The number of hydrogen-bond acceptors (Lipinski definition) is 3. The highest BCUT2D eigenvalue weighted by Gasteiger charge is 2.38. The van der Waals surface area contributed by atoms with Crippen molar-refractivity contribution < 1.29 is 22.0 Å². The molecule has 7 heteroatoms. The topological polar surface area (TPSA) is 60.7 Å². The smallest absolute Gasteiger partial charge is 0.449 e. The van der Waals surface area contributed by atoms with Crippen LogP contribution in [0.15, 0.2) is 40.8 Å². The molecule has 2 aromatic rings. The van der Waals surface area contributed by atoms with Gasteiger partial charge in [-0.25, -0.2) is 4.39 Å². The predicted octanol–water partition coefficient (Wildman–Crippen LogP) is 3.97. The van der Waals surface area contributed by atoms with E-state index in [1.807, 2.05) is 0 Å². The first-order chi connectivity index (χ1) is 10.3. The monoisotopic (exact) mass is 308 g/mol. The van der Waals surface area contributed by atoms with Crippen molar-refractivity contribution in [3.05, 3.63) is 59.3 Å². The Morgan fingerprint density at radius 2 is 1.55 bits per heavy atom. The van der Waals surface area contributed by atoms with Gasteiger partial charge in [-0.2, -0.15) is 23.7 Å². The van der Waals surface area contributed by atoms with Crippen molar-refractivity contribution in [1.29, 1.82) is 10.5 Å². The molecule has 0 unspecified atom stereocenters. The number of alkyl halides is 3. The third-order valence-electron chi connectivity index (χ3n) is 3.10. The normalized spacial score (nSPS) is 11.7. The lowest BCUT2D eigenvalue weighted by atomic mass is 9.79. The van der Waals surface area contributed by atoms with Gasteiger partial charge in [0.05, 0.1) is 12.1 Å². The maximum atomic E-state index is 12.9. The molecule has 0 aliphatic rings. The van der Waals surface area contributed by atoms with Crippen LogP contribution in [0.2, 0.25) is 0 Å². The molecule has 1 aromatic carbocycles. The Morgan fingerprint density at radius 1 is 0.955 bits per heavy atom. The largest absolute Gasteiger partial charge is 0.456 e. The van der Waals surface area contributed by atoms with Crippen molar-refractivity contribution >= 4 is 0 Å². The van der Waals surface area contributed by atoms with Gasteiger partial charge in [-0.05, 0) is 29.8 Å². The van der Waals surface area contributed by atoms with Crippen LogP contribution in [0.3, 0.4) is 0 Å². The average Bonchev–Trinajstić information content (AvgIpc) is 2.94. The third kappa shape index (κ3) is 2.94. The van der Waals surface area contributed by atoms with Gasteiger partial charge in [0.1, 0.15) is 11.6 Å². The van der Waals surface area contributed by atoms with Crippen LogP contribution < -0.4 is 0 Å². The molecule has 1 heterocycles. The summed E-state index contributed by atoms with van der Waals surface area (Å²) in [6, 6.07) is 9.98. The fraction of sp³-hybridized carbons (Fsp3) is 0.200. The number of rotatable bonds is 3. The molecule has 22 heavy (non-hydrogen) atoms. The molecule has 0 N–H and O–H groups in total. The van der Waals surface area contributed by atoms with Gasteiger partial charge < -0.3 is 4.42 Å². The summed E-state index contributed by atoms with van der Waals surface area (Å²) in [7, 11) is 0. The van der Waals surface area contributed by atoms with Crippen LogP contribution in [0, 0.1) is 28.5 Å². The Kier molecular flexibility index (Phi) is 3.92. The van der Waals surface area contributed by atoms with E-state index in [-0.39, 0.29) is 17.7 Å². The molecular formula is C15H8F4N2O. The van der Waals surface area contributed by atoms with Crippen molar-refractivity contribution in [3.8, 4) is 12.1 Å². The molecule has 0 spiro atoms. The van der Waals surface area contributed by atoms with Crippen molar-refractivity contribution in [2.24, 2.45) is 0 Å². The Labute approximate surface area is 123 Å². The minimum Gasteiger partial charge on any atom is -0.456 e. The molecule has 0 amide bonds. The quantitative estimate of drug-likeness (QED) is 0.806. The lowest BCUT2D eigenvalue weighted by Gasteiger charge is -2.17. The zero-order chi connectivity index (χ0) is 16.4. The second-order valence-corrected chi connectivity index (χ2v) is 4.58. The molecule has 0 saturated heterocycles. The van der Waals surface area contributed by atoms with Crippen molar-refractivity contribution in [3.63, 3.8) is 0 Å². The maximum absolute atomic E-state index is 12.9. The zero-order valence-electron chi connectivity index (χ0n) is 11.0. The summed E-state index contributed by atoms with van der Waals surface area (Å²) in [5.41, 5.74) is -1.57. The number of benzene rings is 1. The number of nitriles is 2. The first-order valence-corrected chi connectivity index (χ1v) is 6.05.